The molecule has 8 heteroatoms. The molecule has 0 aliphatic carbocycles. The maximum absolute atomic E-state index is 13.7. The van der Waals surface area contributed by atoms with E-state index in [1.54, 1.807) is 0 Å². The fraction of sp³-hybridized carbons (Fsp3) is 0.353. The van der Waals surface area contributed by atoms with Gasteiger partial charge in [-0.1, -0.05) is 0 Å². The summed E-state index contributed by atoms with van der Waals surface area (Å²) in [5.74, 6) is -2.05. The summed E-state index contributed by atoms with van der Waals surface area (Å²) in [6.07, 6.45) is 2.88. The predicted molar refractivity (Wildman–Crippen MR) is 84.7 cm³/mol. The molecule has 1 aromatic heterocycles. The van der Waals surface area contributed by atoms with Crippen molar-refractivity contribution >= 4 is 11.9 Å². The Kier molecular flexibility index (Phi) is 6.62. The Morgan fingerprint density at radius 1 is 1.20 bits per heavy atom. The second-order valence-corrected chi connectivity index (χ2v) is 5.44. The maximum atomic E-state index is 13.7. The normalized spacial score (nSPS) is 10.6. The SMILES string of the molecule is O=C(O)CCCCNC(=O)CCc1ncc(-c2ccc(F)cc2F)o1. The van der Waals surface area contributed by atoms with Gasteiger partial charge in [0.25, 0.3) is 0 Å². The number of aliphatic carboxylic acids is 1. The number of halogens is 2. The number of nitrogens with zero attached hydrogens (tertiary/aromatic N) is 1. The lowest BCUT2D eigenvalue weighted by atomic mass is 10.2. The monoisotopic (exact) mass is 352 g/mol. The second-order valence-electron chi connectivity index (χ2n) is 5.44. The minimum absolute atomic E-state index is 0.0783. The zero-order chi connectivity index (χ0) is 18.2. The van der Waals surface area contributed by atoms with Gasteiger partial charge in [-0.15, -0.1) is 0 Å². The molecule has 25 heavy (non-hydrogen) atoms. The fourth-order valence-electron chi connectivity index (χ4n) is 2.18. The highest BCUT2D eigenvalue weighted by Crippen LogP contribution is 2.24. The topological polar surface area (TPSA) is 92.4 Å². The van der Waals surface area contributed by atoms with Crippen LogP contribution >= 0.6 is 0 Å². The molecule has 0 radical (unpaired) electrons. The Morgan fingerprint density at radius 3 is 2.72 bits per heavy atom. The zero-order valence-corrected chi connectivity index (χ0v) is 13.4. The lowest BCUT2D eigenvalue weighted by molar-refractivity contribution is -0.137. The Balaban J connectivity index is 1.77. The van der Waals surface area contributed by atoms with E-state index in [4.69, 9.17) is 9.52 Å². The van der Waals surface area contributed by atoms with Crippen LogP contribution in [0.15, 0.2) is 28.8 Å². The summed E-state index contributed by atoms with van der Waals surface area (Å²) in [4.78, 5) is 26.0. The first kappa shape index (κ1) is 18.6. The zero-order valence-electron chi connectivity index (χ0n) is 13.4. The molecule has 0 saturated heterocycles. The third-order valence-electron chi connectivity index (χ3n) is 3.46. The van der Waals surface area contributed by atoms with E-state index in [0.29, 0.717) is 19.4 Å². The number of carboxylic acid groups (broad SMARTS) is 1. The molecule has 0 spiro atoms. The van der Waals surface area contributed by atoms with E-state index in [2.05, 4.69) is 10.3 Å². The van der Waals surface area contributed by atoms with Crippen LogP contribution in [-0.2, 0) is 16.0 Å². The second kappa shape index (κ2) is 8.91. The number of aryl methyl sites for hydroxylation is 1. The number of rotatable bonds is 9. The van der Waals surface area contributed by atoms with E-state index in [1.165, 1.54) is 12.3 Å². The van der Waals surface area contributed by atoms with Crippen LogP contribution < -0.4 is 5.32 Å². The Bertz CT molecular complexity index is 746. The Hall–Kier alpha value is -2.77. The highest BCUT2D eigenvalue weighted by molar-refractivity contribution is 5.76. The van der Waals surface area contributed by atoms with Gasteiger partial charge >= 0.3 is 5.97 Å². The van der Waals surface area contributed by atoms with E-state index in [0.717, 1.165) is 12.1 Å². The van der Waals surface area contributed by atoms with Crippen LogP contribution in [0.2, 0.25) is 0 Å². The summed E-state index contributed by atoms with van der Waals surface area (Å²) >= 11 is 0. The van der Waals surface area contributed by atoms with Gasteiger partial charge in [0.05, 0.1) is 11.8 Å². The summed E-state index contributed by atoms with van der Waals surface area (Å²) in [6.45, 7) is 0.406. The average Bonchev–Trinajstić information content (AvgIpc) is 3.01. The summed E-state index contributed by atoms with van der Waals surface area (Å²) in [7, 11) is 0. The largest absolute Gasteiger partial charge is 0.481 e. The summed E-state index contributed by atoms with van der Waals surface area (Å²) in [5, 5.41) is 11.2. The van der Waals surface area contributed by atoms with Gasteiger partial charge in [-0.25, -0.2) is 13.8 Å². The molecule has 2 aromatic rings. The van der Waals surface area contributed by atoms with Gasteiger partial charge in [0.1, 0.15) is 11.6 Å². The van der Waals surface area contributed by atoms with E-state index in [1.807, 2.05) is 0 Å². The van der Waals surface area contributed by atoms with E-state index in [9.17, 15) is 18.4 Å². The van der Waals surface area contributed by atoms with Gasteiger partial charge in [0.2, 0.25) is 5.91 Å². The number of nitrogens with one attached hydrogen (secondary N) is 1. The number of carboxylic acids is 1. The van der Waals surface area contributed by atoms with Gasteiger partial charge in [-0.2, -0.15) is 0 Å². The van der Waals surface area contributed by atoms with Crippen LogP contribution in [0.4, 0.5) is 8.78 Å². The Morgan fingerprint density at radius 2 is 2.00 bits per heavy atom. The number of carbonyl (C=O) groups excluding carboxylic acids is 1. The molecule has 0 saturated carbocycles. The van der Waals surface area contributed by atoms with Gasteiger partial charge in [-0.05, 0) is 25.0 Å². The van der Waals surface area contributed by atoms with Crippen LogP contribution in [0.5, 0.6) is 0 Å². The molecule has 0 fully saturated rings. The van der Waals surface area contributed by atoms with Crippen LogP contribution in [0.25, 0.3) is 11.3 Å². The molecule has 2 N–H and O–H groups in total. The van der Waals surface area contributed by atoms with Crippen molar-refractivity contribution in [2.24, 2.45) is 0 Å². The lowest BCUT2D eigenvalue weighted by Gasteiger charge is -2.03. The smallest absolute Gasteiger partial charge is 0.303 e. The quantitative estimate of drug-likeness (QED) is 0.677. The Labute approximate surface area is 142 Å². The highest BCUT2D eigenvalue weighted by Gasteiger charge is 2.13. The third-order valence-corrected chi connectivity index (χ3v) is 3.46. The average molecular weight is 352 g/mol. The highest BCUT2D eigenvalue weighted by atomic mass is 19.1. The summed E-state index contributed by atoms with van der Waals surface area (Å²) in [5.41, 5.74) is 0.100. The molecule has 6 nitrogen and oxygen atoms in total. The van der Waals surface area contributed by atoms with Gasteiger partial charge in [0, 0.05) is 31.9 Å². The van der Waals surface area contributed by atoms with Crippen molar-refractivity contribution in [1.29, 1.82) is 0 Å². The van der Waals surface area contributed by atoms with E-state index < -0.39 is 17.6 Å². The van der Waals surface area contributed by atoms with Crippen molar-refractivity contribution in [3.05, 3.63) is 41.9 Å². The van der Waals surface area contributed by atoms with Gasteiger partial charge < -0.3 is 14.8 Å². The molecule has 1 aromatic carbocycles. The molecular formula is C17H18F2N2O4. The molecule has 0 atom stereocenters. The molecule has 2 rings (SSSR count). The molecule has 0 aliphatic rings. The van der Waals surface area contributed by atoms with Crippen molar-refractivity contribution in [1.82, 2.24) is 10.3 Å². The van der Waals surface area contributed by atoms with E-state index >= 15 is 0 Å². The summed E-state index contributed by atoms with van der Waals surface area (Å²) in [6, 6.07) is 3.15. The van der Waals surface area contributed by atoms with Crippen molar-refractivity contribution in [2.45, 2.75) is 32.1 Å². The molecule has 1 amide bonds. The van der Waals surface area contributed by atoms with Crippen LogP contribution in [-0.4, -0.2) is 28.5 Å². The fourth-order valence-corrected chi connectivity index (χ4v) is 2.18. The molecule has 0 aliphatic heterocycles. The number of unbranched alkanes of at least 4 members (excludes halogenated alkanes) is 1. The number of benzene rings is 1. The van der Waals surface area contributed by atoms with Gasteiger partial charge in [0.15, 0.2) is 11.7 Å². The minimum Gasteiger partial charge on any atom is -0.481 e. The molecule has 0 unspecified atom stereocenters. The van der Waals surface area contributed by atoms with Crippen molar-refractivity contribution in [2.75, 3.05) is 6.54 Å². The number of hydrogen-bond donors (Lipinski definition) is 2. The first-order valence-electron chi connectivity index (χ1n) is 7.84. The number of aromatic nitrogens is 1. The number of hydrogen-bond acceptors (Lipinski definition) is 4. The third kappa shape index (κ3) is 5.98. The van der Waals surface area contributed by atoms with Crippen LogP contribution in [0.3, 0.4) is 0 Å². The molecule has 134 valence electrons. The van der Waals surface area contributed by atoms with E-state index in [-0.39, 0.29) is 42.4 Å². The van der Waals surface area contributed by atoms with Crippen molar-refractivity contribution < 1.29 is 27.9 Å². The number of oxazole rings is 1. The first-order chi connectivity index (χ1) is 12.0. The number of carbonyl (C=O) groups is 2. The summed E-state index contributed by atoms with van der Waals surface area (Å²) < 4.78 is 32.0. The minimum atomic E-state index is -0.858. The molecular weight excluding hydrogens is 334 g/mol. The maximum Gasteiger partial charge on any atom is 0.303 e. The van der Waals surface area contributed by atoms with Crippen molar-refractivity contribution in [3.63, 3.8) is 0 Å². The molecule has 0 bridgehead atoms. The van der Waals surface area contributed by atoms with Crippen LogP contribution in [0.1, 0.15) is 31.6 Å². The lowest BCUT2D eigenvalue weighted by Crippen LogP contribution is -2.24. The predicted octanol–water partition coefficient (Wildman–Crippen LogP) is 2.92. The van der Waals surface area contributed by atoms with Gasteiger partial charge in [-0.3, -0.25) is 9.59 Å². The number of amides is 1. The standard InChI is InChI=1S/C17H18F2N2O4/c18-11-4-5-12(13(19)9-11)14-10-21-16(25-14)7-6-15(22)20-8-2-1-3-17(23)24/h4-5,9-10H,1-3,6-8H2,(H,20,22)(H,23,24). The first-order valence-corrected chi connectivity index (χ1v) is 7.84. The molecule has 1 heterocycles. The van der Waals surface area contributed by atoms with Crippen LogP contribution in [0, 0.1) is 11.6 Å². The van der Waals surface area contributed by atoms with Crippen molar-refractivity contribution in [3.8, 4) is 11.3 Å².